The Morgan fingerprint density at radius 2 is 0.961 bits per heavy atom. The van der Waals surface area contributed by atoms with E-state index >= 15 is 0 Å². The average Bonchev–Trinajstić information content (AvgIpc) is 3.18. The number of hydrogen-bond donors (Lipinski definition) is 1. The molecule has 1 N–H and O–H groups in total. The summed E-state index contributed by atoms with van der Waals surface area (Å²) in [4.78, 5) is 40.5. The highest BCUT2D eigenvalue weighted by Gasteiger charge is 2.39. The topological polar surface area (TPSA) is 90.9 Å². The van der Waals surface area contributed by atoms with Gasteiger partial charge in [-0.3, -0.25) is 14.4 Å². The fourth-order valence-corrected chi connectivity index (χ4v) is 10.8. The number of esters is 2. The number of ether oxygens (including phenoxy) is 3. The van der Waals surface area contributed by atoms with Gasteiger partial charge in [-0.1, -0.05) is 52.4 Å². The van der Waals surface area contributed by atoms with Crippen LogP contribution in [-0.4, -0.2) is 43.2 Å². The third kappa shape index (κ3) is 10.3. The van der Waals surface area contributed by atoms with E-state index in [0.29, 0.717) is 30.6 Å². The lowest BCUT2D eigenvalue weighted by Crippen LogP contribution is -2.47. The summed E-state index contributed by atoms with van der Waals surface area (Å²) in [7, 11) is 1.60. The van der Waals surface area contributed by atoms with Gasteiger partial charge >= 0.3 is 11.9 Å². The summed E-state index contributed by atoms with van der Waals surface area (Å²) in [6.45, 7) is 4.64. The van der Waals surface area contributed by atoms with E-state index in [-0.39, 0.29) is 47.9 Å². The first-order valence-corrected chi connectivity index (χ1v) is 21.2. The van der Waals surface area contributed by atoms with E-state index in [1.165, 1.54) is 64.2 Å². The van der Waals surface area contributed by atoms with Crippen molar-refractivity contribution < 1.29 is 28.6 Å². The van der Waals surface area contributed by atoms with Gasteiger partial charge in [0, 0.05) is 30.9 Å². The van der Waals surface area contributed by atoms with E-state index < -0.39 is 0 Å². The van der Waals surface area contributed by atoms with Gasteiger partial charge in [0.2, 0.25) is 0 Å². The third-order valence-electron chi connectivity index (χ3n) is 14.4. The molecule has 6 rings (SSSR count). The summed E-state index contributed by atoms with van der Waals surface area (Å²) in [5, 5.41) is 3.17. The van der Waals surface area contributed by atoms with Crippen molar-refractivity contribution in [2.75, 3.05) is 7.11 Å². The van der Waals surface area contributed by atoms with Crippen molar-refractivity contribution >= 4 is 17.8 Å². The number of benzene rings is 1. The van der Waals surface area contributed by atoms with Crippen LogP contribution in [0.2, 0.25) is 0 Å². The molecule has 51 heavy (non-hydrogen) atoms. The molecular formula is C44H67NO6. The molecule has 7 heteroatoms. The van der Waals surface area contributed by atoms with Crippen LogP contribution in [-0.2, 0) is 19.1 Å². The summed E-state index contributed by atoms with van der Waals surface area (Å²) >= 11 is 0. The monoisotopic (exact) mass is 705 g/mol. The largest absolute Gasteiger partial charge is 0.497 e. The Kier molecular flexibility index (Phi) is 13.8. The highest BCUT2D eigenvalue weighted by atomic mass is 16.6. The van der Waals surface area contributed by atoms with Gasteiger partial charge in [-0.2, -0.15) is 0 Å². The summed E-state index contributed by atoms with van der Waals surface area (Å²) < 4.78 is 17.7. The second-order valence-electron chi connectivity index (χ2n) is 17.3. The molecule has 1 amide bonds. The zero-order valence-corrected chi connectivity index (χ0v) is 32.0. The molecule has 0 radical (unpaired) electrons. The van der Waals surface area contributed by atoms with Crippen LogP contribution in [0, 0.1) is 47.3 Å². The number of carbonyl (C=O) groups excluding carboxylic acids is 3. The predicted molar refractivity (Wildman–Crippen MR) is 200 cm³/mol. The van der Waals surface area contributed by atoms with Gasteiger partial charge in [-0.05, 0) is 137 Å². The normalized spacial score (nSPS) is 36.0. The Morgan fingerprint density at radius 3 is 1.33 bits per heavy atom. The van der Waals surface area contributed by atoms with E-state index in [0.717, 1.165) is 86.9 Å². The Balaban J connectivity index is 1.02. The standard InChI is InChI=1S/C44H67NO6/c1-4-29-6-10-31(11-7-29)33-14-18-36(19-15-33)43(47)50-40-26-38(45-42(46)35-22-24-39(49-3)25-23-35)27-41(28-40)51-44(48)37-20-16-34(17-21-37)32-12-8-30(5-2)9-13-32/h22-25,29-34,36-38,40-41H,4-21,26-28H2,1-3H3,(H,45,46). The Bertz CT molecular complexity index is 1180. The highest BCUT2D eigenvalue weighted by molar-refractivity contribution is 5.94. The van der Waals surface area contributed by atoms with Gasteiger partial charge in [0.1, 0.15) is 18.0 Å². The SMILES string of the molecule is CCC1CCC(C2CCC(C(=O)OC3CC(NC(=O)c4ccc(OC)cc4)CC(OC(=O)C4CCC(C5CCC(CC)CC5)CC4)C3)CC2)CC1. The molecule has 0 heterocycles. The van der Waals surface area contributed by atoms with E-state index in [9.17, 15) is 14.4 Å². The van der Waals surface area contributed by atoms with Gasteiger partial charge < -0.3 is 19.5 Å². The number of methoxy groups -OCH3 is 1. The minimum absolute atomic E-state index is 0.0595. The van der Waals surface area contributed by atoms with Crippen molar-refractivity contribution in [1.29, 1.82) is 0 Å². The number of hydrogen-bond acceptors (Lipinski definition) is 6. The fourth-order valence-electron chi connectivity index (χ4n) is 10.8. The zero-order chi connectivity index (χ0) is 35.7. The maximum atomic E-state index is 13.6. The van der Waals surface area contributed by atoms with Crippen molar-refractivity contribution in [1.82, 2.24) is 5.32 Å². The maximum absolute atomic E-state index is 13.6. The van der Waals surface area contributed by atoms with Crippen molar-refractivity contribution in [3.63, 3.8) is 0 Å². The van der Waals surface area contributed by atoms with Crippen molar-refractivity contribution in [2.45, 2.75) is 167 Å². The van der Waals surface area contributed by atoms with Crippen molar-refractivity contribution in [3.8, 4) is 5.75 Å². The molecule has 5 fully saturated rings. The van der Waals surface area contributed by atoms with Gasteiger partial charge in [-0.15, -0.1) is 0 Å². The quantitative estimate of drug-likeness (QED) is 0.231. The first-order chi connectivity index (χ1) is 24.8. The van der Waals surface area contributed by atoms with Crippen molar-refractivity contribution in [2.24, 2.45) is 47.3 Å². The molecule has 5 aliphatic rings. The van der Waals surface area contributed by atoms with E-state index in [1.807, 2.05) is 0 Å². The second kappa shape index (κ2) is 18.5. The minimum Gasteiger partial charge on any atom is -0.497 e. The maximum Gasteiger partial charge on any atom is 0.309 e. The summed E-state index contributed by atoms with van der Waals surface area (Å²) in [5.74, 6) is 5.13. The summed E-state index contributed by atoms with van der Waals surface area (Å²) in [5.41, 5.74) is 0.545. The molecule has 0 saturated heterocycles. The molecule has 1 aromatic rings. The molecule has 7 nitrogen and oxygen atoms in total. The Morgan fingerprint density at radius 1 is 0.569 bits per heavy atom. The molecule has 5 saturated carbocycles. The van der Waals surface area contributed by atoms with Crippen LogP contribution < -0.4 is 10.1 Å². The average molecular weight is 706 g/mol. The molecule has 2 atom stereocenters. The van der Waals surface area contributed by atoms with Crippen LogP contribution in [0.25, 0.3) is 0 Å². The number of amides is 1. The minimum atomic E-state index is -0.388. The number of rotatable bonds is 11. The molecular weight excluding hydrogens is 638 g/mol. The summed E-state index contributed by atoms with van der Waals surface area (Å²) in [6.07, 6.45) is 22.4. The Hall–Kier alpha value is -2.57. The summed E-state index contributed by atoms with van der Waals surface area (Å²) in [6, 6.07) is 6.81. The van der Waals surface area contributed by atoms with Gasteiger partial charge in [0.15, 0.2) is 0 Å². The zero-order valence-electron chi connectivity index (χ0n) is 32.0. The molecule has 1 aromatic carbocycles. The first kappa shape index (κ1) is 38.2. The molecule has 0 spiro atoms. The van der Waals surface area contributed by atoms with Gasteiger partial charge in [0.05, 0.1) is 18.9 Å². The smallest absolute Gasteiger partial charge is 0.309 e. The number of nitrogens with one attached hydrogen (secondary N) is 1. The van der Waals surface area contributed by atoms with E-state index in [2.05, 4.69) is 19.2 Å². The second-order valence-corrected chi connectivity index (χ2v) is 17.3. The lowest BCUT2D eigenvalue weighted by Gasteiger charge is -2.39. The lowest BCUT2D eigenvalue weighted by atomic mass is 9.69. The van der Waals surface area contributed by atoms with E-state index in [4.69, 9.17) is 14.2 Å². The molecule has 0 aromatic heterocycles. The number of carbonyl (C=O) groups is 3. The highest BCUT2D eigenvalue weighted by Crippen LogP contribution is 2.44. The molecule has 0 bridgehead atoms. The first-order valence-electron chi connectivity index (χ1n) is 21.2. The third-order valence-corrected chi connectivity index (χ3v) is 14.4. The van der Waals surface area contributed by atoms with Crippen LogP contribution in [0.4, 0.5) is 0 Å². The van der Waals surface area contributed by atoms with Crippen molar-refractivity contribution in [3.05, 3.63) is 29.8 Å². The molecule has 0 aliphatic heterocycles. The van der Waals surface area contributed by atoms with Gasteiger partial charge in [-0.25, -0.2) is 0 Å². The van der Waals surface area contributed by atoms with Gasteiger partial charge in [0.25, 0.3) is 5.91 Å². The van der Waals surface area contributed by atoms with Crippen LogP contribution in [0.5, 0.6) is 5.75 Å². The molecule has 5 aliphatic carbocycles. The van der Waals surface area contributed by atoms with Crippen LogP contribution in [0.15, 0.2) is 24.3 Å². The molecule has 284 valence electrons. The lowest BCUT2D eigenvalue weighted by molar-refractivity contribution is -0.166. The fraction of sp³-hybridized carbons (Fsp3) is 0.795. The van der Waals surface area contributed by atoms with Crippen LogP contribution >= 0.6 is 0 Å². The Labute approximate surface area is 308 Å². The van der Waals surface area contributed by atoms with Crippen LogP contribution in [0.1, 0.15) is 159 Å². The predicted octanol–water partition coefficient (Wildman–Crippen LogP) is 9.85. The van der Waals surface area contributed by atoms with E-state index in [1.54, 1.807) is 31.4 Å². The molecule has 2 unspecified atom stereocenters. The van der Waals surface area contributed by atoms with Crippen LogP contribution in [0.3, 0.4) is 0 Å².